The van der Waals surface area contributed by atoms with Crippen LogP contribution < -0.4 is 11.0 Å². The first-order chi connectivity index (χ1) is 9.43. The second-order valence-electron chi connectivity index (χ2n) is 4.62. The third-order valence-electron chi connectivity index (χ3n) is 3.06. The maximum Gasteiger partial charge on any atom is 0.328 e. The summed E-state index contributed by atoms with van der Waals surface area (Å²) in [4.78, 5) is 12.0. The highest BCUT2D eigenvalue weighted by atomic mass is 32.2. The molecule has 0 aliphatic carbocycles. The second kappa shape index (κ2) is 7.69. The van der Waals surface area contributed by atoms with E-state index in [0.717, 1.165) is 35.0 Å². The topological polar surface area (TPSA) is 39.0 Å². The molecule has 0 atom stereocenters. The summed E-state index contributed by atoms with van der Waals surface area (Å²) in [6.07, 6.45) is 4.23. The molecule has 0 aliphatic rings. The second-order valence-corrected chi connectivity index (χ2v) is 6.14. The maximum absolute atomic E-state index is 12.0. The van der Waals surface area contributed by atoms with Crippen LogP contribution >= 0.6 is 24.0 Å². The highest BCUT2D eigenvalue weighted by Gasteiger charge is 2.10. The zero-order valence-electron chi connectivity index (χ0n) is 12.8. The van der Waals surface area contributed by atoms with Crippen molar-refractivity contribution in [1.29, 1.82) is 0 Å². The van der Waals surface area contributed by atoms with Gasteiger partial charge in [0.05, 0.1) is 10.7 Å². The van der Waals surface area contributed by atoms with Crippen molar-refractivity contribution in [1.82, 2.24) is 9.13 Å². The molecule has 4 nitrogen and oxygen atoms in total. The summed E-state index contributed by atoms with van der Waals surface area (Å²) in [6.45, 7) is 6.18. The molecular weight excluding hydrogens is 290 g/mol. The van der Waals surface area contributed by atoms with E-state index < -0.39 is 0 Å². The molecule has 0 saturated heterocycles. The first kappa shape index (κ1) is 17.0. The number of aromatic nitrogens is 2. The molecule has 1 heterocycles. The van der Waals surface area contributed by atoms with Gasteiger partial charge < -0.3 is 5.32 Å². The number of nitrogens with zero attached hydrogens (tertiary/aromatic N) is 2. The smallest absolute Gasteiger partial charge is 0.328 e. The first-order valence-corrected chi connectivity index (χ1v) is 8.19. The fourth-order valence-corrected chi connectivity index (χ4v) is 2.92. The summed E-state index contributed by atoms with van der Waals surface area (Å²) >= 11 is 7.17. The van der Waals surface area contributed by atoms with Gasteiger partial charge in [0, 0.05) is 19.8 Å². The lowest BCUT2D eigenvalue weighted by Gasteiger charge is -2.16. The van der Waals surface area contributed by atoms with Gasteiger partial charge in [0.15, 0.2) is 0 Å². The van der Waals surface area contributed by atoms with Gasteiger partial charge >= 0.3 is 5.69 Å². The van der Waals surface area contributed by atoms with E-state index in [1.54, 1.807) is 30.4 Å². The zero-order chi connectivity index (χ0) is 15.3. The van der Waals surface area contributed by atoms with Crippen LogP contribution in [0, 0.1) is 11.6 Å². The van der Waals surface area contributed by atoms with Crippen LogP contribution in [0.2, 0.25) is 0 Å². The van der Waals surface area contributed by atoms with E-state index in [2.05, 4.69) is 25.2 Å². The Morgan fingerprint density at radius 3 is 2.55 bits per heavy atom. The molecule has 0 fully saturated rings. The molecule has 1 aromatic heterocycles. The quantitative estimate of drug-likeness (QED) is 0.815. The summed E-state index contributed by atoms with van der Waals surface area (Å²) in [7, 11) is 3.47. The van der Waals surface area contributed by atoms with Gasteiger partial charge in [0.1, 0.15) is 4.64 Å². The Balaban J connectivity index is 3.23. The van der Waals surface area contributed by atoms with Crippen LogP contribution in [0.3, 0.4) is 0 Å². The Bertz CT molecular complexity index is 614. The Morgan fingerprint density at radius 1 is 1.35 bits per heavy atom. The van der Waals surface area contributed by atoms with E-state index in [-0.39, 0.29) is 5.69 Å². The minimum absolute atomic E-state index is 0.0970. The molecule has 0 saturated carbocycles. The molecule has 112 valence electrons. The molecule has 6 heteroatoms. The van der Waals surface area contributed by atoms with Gasteiger partial charge in [-0.25, -0.2) is 4.79 Å². The van der Waals surface area contributed by atoms with Crippen molar-refractivity contribution in [2.45, 2.75) is 33.6 Å². The molecule has 1 aromatic rings. The fraction of sp³-hybridized carbons (Fsp3) is 0.571. The molecule has 0 radical (unpaired) electrons. The molecule has 0 aromatic carbocycles. The van der Waals surface area contributed by atoms with Crippen molar-refractivity contribution in [3.63, 3.8) is 0 Å². The summed E-state index contributed by atoms with van der Waals surface area (Å²) in [6, 6.07) is 0. The van der Waals surface area contributed by atoms with E-state index in [1.165, 1.54) is 4.57 Å². The van der Waals surface area contributed by atoms with E-state index >= 15 is 0 Å². The number of allylic oxidation sites excluding steroid dienone is 1. The minimum atomic E-state index is -0.0970. The van der Waals surface area contributed by atoms with Gasteiger partial charge in [0.25, 0.3) is 0 Å². The van der Waals surface area contributed by atoms with Crippen LogP contribution in [-0.4, -0.2) is 14.9 Å². The van der Waals surface area contributed by atoms with Crippen molar-refractivity contribution in [2.24, 2.45) is 14.1 Å². The van der Waals surface area contributed by atoms with Gasteiger partial charge in [-0.05, 0) is 25.5 Å². The number of rotatable bonds is 6. The van der Waals surface area contributed by atoms with E-state index in [1.807, 2.05) is 6.92 Å². The monoisotopic (exact) mass is 313 g/mol. The van der Waals surface area contributed by atoms with Crippen molar-refractivity contribution < 1.29 is 0 Å². The van der Waals surface area contributed by atoms with Crippen LogP contribution in [0.5, 0.6) is 0 Å². The molecule has 0 aliphatic heterocycles. The number of thioether (sulfide) groups is 1. The third kappa shape index (κ3) is 3.76. The fourth-order valence-electron chi connectivity index (χ4n) is 1.76. The Kier molecular flexibility index (Phi) is 6.55. The van der Waals surface area contributed by atoms with E-state index in [9.17, 15) is 4.79 Å². The molecular formula is C14H23N3OS2. The van der Waals surface area contributed by atoms with Crippen LogP contribution in [0.15, 0.2) is 15.9 Å². The zero-order valence-corrected chi connectivity index (χ0v) is 14.5. The lowest BCUT2D eigenvalue weighted by Crippen LogP contribution is -2.30. The molecule has 0 spiro atoms. The predicted molar refractivity (Wildman–Crippen MR) is 91.0 cm³/mol. The SMILES string of the molecule is CC/C=C(\Nc1c(C)n(C)c(=O)n(C)c1=S)SCCC. The first-order valence-electron chi connectivity index (χ1n) is 6.80. The van der Waals surface area contributed by atoms with Crippen molar-refractivity contribution in [2.75, 3.05) is 11.1 Å². The maximum atomic E-state index is 12.0. The average molecular weight is 313 g/mol. The summed E-state index contributed by atoms with van der Waals surface area (Å²) < 4.78 is 3.66. The normalized spacial score (nSPS) is 11.8. The van der Waals surface area contributed by atoms with Crippen LogP contribution in [-0.2, 0) is 14.1 Å². The molecule has 20 heavy (non-hydrogen) atoms. The number of hydrogen-bond donors (Lipinski definition) is 1. The standard InChI is InChI=1S/C14H23N3OS2/c1-6-8-11(20-9-7-2)15-12-10(3)16(4)14(18)17(5)13(12)19/h8,15H,6-7,9H2,1-5H3/b11-8+. The third-order valence-corrected chi connectivity index (χ3v) is 4.73. The van der Waals surface area contributed by atoms with Crippen molar-refractivity contribution in [3.8, 4) is 0 Å². The Morgan fingerprint density at radius 2 is 2.00 bits per heavy atom. The van der Waals surface area contributed by atoms with Gasteiger partial charge in [-0.15, -0.1) is 11.8 Å². The number of anilines is 1. The highest BCUT2D eigenvalue weighted by molar-refractivity contribution is 8.03. The van der Waals surface area contributed by atoms with E-state index in [0.29, 0.717) is 4.64 Å². The molecule has 0 unspecified atom stereocenters. The number of hydrogen-bond acceptors (Lipinski definition) is 4. The lowest BCUT2D eigenvalue weighted by atomic mass is 10.3. The van der Waals surface area contributed by atoms with E-state index in [4.69, 9.17) is 12.2 Å². The molecule has 1 N–H and O–H groups in total. The molecule has 0 amide bonds. The van der Waals surface area contributed by atoms with Gasteiger partial charge in [0.2, 0.25) is 0 Å². The summed E-state index contributed by atoms with van der Waals surface area (Å²) in [5.41, 5.74) is 1.60. The van der Waals surface area contributed by atoms with Crippen LogP contribution in [0.4, 0.5) is 5.69 Å². The average Bonchev–Trinajstić information content (AvgIpc) is 2.45. The number of nitrogens with one attached hydrogen (secondary N) is 1. The van der Waals surface area contributed by atoms with Gasteiger partial charge in [-0.3, -0.25) is 9.13 Å². The Hall–Kier alpha value is -1.01. The van der Waals surface area contributed by atoms with Crippen LogP contribution in [0.25, 0.3) is 0 Å². The van der Waals surface area contributed by atoms with Crippen molar-refractivity contribution >= 4 is 29.7 Å². The molecule has 1 rings (SSSR count). The molecule has 0 bridgehead atoms. The predicted octanol–water partition coefficient (Wildman–Crippen LogP) is 3.57. The van der Waals surface area contributed by atoms with Gasteiger partial charge in [-0.1, -0.05) is 32.1 Å². The summed E-state index contributed by atoms with van der Waals surface area (Å²) in [5.74, 6) is 1.06. The Labute approximate surface area is 129 Å². The largest absolute Gasteiger partial charge is 0.347 e. The van der Waals surface area contributed by atoms with Gasteiger partial charge in [-0.2, -0.15) is 0 Å². The minimum Gasteiger partial charge on any atom is -0.347 e. The lowest BCUT2D eigenvalue weighted by molar-refractivity contribution is 0.683. The van der Waals surface area contributed by atoms with Crippen molar-refractivity contribution in [3.05, 3.63) is 31.9 Å². The highest BCUT2D eigenvalue weighted by Crippen LogP contribution is 2.23. The van der Waals surface area contributed by atoms with Crippen LogP contribution in [0.1, 0.15) is 32.4 Å². The summed E-state index contributed by atoms with van der Waals surface area (Å²) in [5, 5.41) is 4.50.